The zero-order chi connectivity index (χ0) is 13.1. The molecular formula is C12H14O4S. The second-order valence-corrected chi connectivity index (χ2v) is 6.02. The van der Waals surface area contributed by atoms with Gasteiger partial charge in [-0.15, -0.1) is 0 Å². The number of rotatable bonds is 5. The molecule has 1 rings (SSSR count). The van der Waals surface area contributed by atoms with Crippen molar-refractivity contribution in [2.24, 2.45) is 0 Å². The van der Waals surface area contributed by atoms with Crippen LogP contribution in [0.5, 0.6) is 0 Å². The van der Waals surface area contributed by atoms with Crippen molar-refractivity contribution in [3.05, 3.63) is 47.5 Å². The maximum Gasteiger partial charge on any atom is 0.335 e. The lowest BCUT2D eigenvalue weighted by atomic mass is 10.1. The summed E-state index contributed by atoms with van der Waals surface area (Å²) in [4.78, 5) is 10.9. The monoisotopic (exact) mass is 254 g/mol. The van der Waals surface area contributed by atoms with Crippen molar-refractivity contribution < 1.29 is 18.3 Å². The first-order chi connectivity index (χ1) is 7.82. The topological polar surface area (TPSA) is 71.4 Å². The highest BCUT2D eigenvalue weighted by Crippen LogP contribution is 2.14. The van der Waals surface area contributed by atoms with Gasteiger partial charge in [-0.1, -0.05) is 30.4 Å². The van der Waals surface area contributed by atoms with Gasteiger partial charge in [-0.05, 0) is 18.6 Å². The van der Waals surface area contributed by atoms with Gasteiger partial charge >= 0.3 is 5.97 Å². The Labute approximate surface area is 101 Å². The van der Waals surface area contributed by atoms with Crippen molar-refractivity contribution in [1.82, 2.24) is 0 Å². The number of carbonyl (C=O) groups is 1. The van der Waals surface area contributed by atoms with Gasteiger partial charge in [0.05, 0.1) is 17.1 Å². The van der Waals surface area contributed by atoms with E-state index in [1.165, 1.54) is 12.1 Å². The lowest BCUT2D eigenvalue weighted by Crippen LogP contribution is -2.12. The molecule has 92 valence electrons. The second-order valence-electron chi connectivity index (χ2n) is 3.95. The van der Waals surface area contributed by atoms with Gasteiger partial charge in [0.1, 0.15) is 0 Å². The third kappa shape index (κ3) is 4.03. The van der Waals surface area contributed by atoms with E-state index in [0.717, 1.165) is 0 Å². The maximum absolute atomic E-state index is 11.7. The molecule has 1 aromatic rings. The Kier molecular flexibility index (Phi) is 4.07. The zero-order valence-corrected chi connectivity index (χ0v) is 10.3. The van der Waals surface area contributed by atoms with E-state index in [9.17, 15) is 13.2 Å². The molecule has 0 fully saturated rings. The fourth-order valence-electron chi connectivity index (χ4n) is 1.52. The Morgan fingerprint density at radius 1 is 1.35 bits per heavy atom. The predicted molar refractivity (Wildman–Crippen MR) is 65.7 cm³/mol. The Bertz CT molecular complexity index is 543. The Balaban J connectivity index is 3.04. The summed E-state index contributed by atoms with van der Waals surface area (Å²) in [7, 11) is -3.35. The molecule has 0 heterocycles. The van der Waals surface area contributed by atoms with E-state index >= 15 is 0 Å². The van der Waals surface area contributed by atoms with E-state index in [4.69, 9.17) is 5.11 Å². The molecule has 0 aliphatic heterocycles. The van der Waals surface area contributed by atoms with E-state index in [1.807, 2.05) is 0 Å². The highest BCUT2D eigenvalue weighted by Gasteiger charge is 2.17. The van der Waals surface area contributed by atoms with Crippen LogP contribution < -0.4 is 0 Å². The molecule has 0 radical (unpaired) electrons. The minimum atomic E-state index is -3.35. The molecule has 4 nitrogen and oxygen atoms in total. The molecule has 0 bridgehead atoms. The van der Waals surface area contributed by atoms with Gasteiger partial charge in [0.25, 0.3) is 0 Å². The second kappa shape index (κ2) is 5.14. The normalized spacial score (nSPS) is 11.1. The van der Waals surface area contributed by atoms with Crippen molar-refractivity contribution in [3.63, 3.8) is 0 Å². The molecule has 17 heavy (non-hydrogen) atoms. The molecule has 0 amide bonds. The highest BCUT2D eigenvalue weighted by atomic mass is 32.2. The van der Waals surface area contributed by atoms with Crippen LogP contribution in [0.4, 0.5) is 0 Å². The molecule has 0 atom stereocenters. The molecule has 0 saturated heterocycles. The van der Waals surface area contributed by atoms with Crippen LogP contribution in [0.2, 0.25) is 0 Å². The van der Waals surface area contributed by atoms with Crippen molar-refractivity contribution >= 4 is 15.8 Å². The Morgan fingerprint density at radius 2 is 1.94 bits per heavy atom. The van der Waals surface area contributed by atoms with Crippen molar-refractivity contribution in [1.29, 1.82) is 0 Å². The van der Waals surface area contributed by atoms with Crippen molar-refractivity contribution in [2.45, 2.75) is 12.7 Å². The fraction of sp³-hybridized carbons (Fsp3) is 0.250. The number of hydrogen-bond acceptors (Lipinski definition) is 3. The third-order valence-electron chi connectivity index (χ3n) is 2.09. The number of carboxylic acid groups (broad SMARTS) is 1. The van der Waals surface area contributed by atoms with E-state index in [2.05, 4.69) is 6.58 Å². The van der Waals surface area contributed by atoms with Gasteiger partial charge in [0, 0.05) is 0 Å². The standard InChI is InChI=1S/C12H14O4S/c1-9(2)7-17(15,16)8-10-5-3-4-6-11(10)12(13)14/h3-6H,1,7-8H2,2H3,(H,13,14). The number of sulfone groups is 1. The zero-order valence-electron chi connectivity index (χ0n) is 9.51. The van der Waals surface area contributed by atoms with E-state index in [1.54, 1.807) is 19.1 Å². The van der Waals surface area contributed by atoms with Crippen LogP contribution in [0.3, 0.4) is 0 Å². The van der Waals surface area contributed by atoms with Crippen LogP contribution in [0.25, 0.3) is 0 Å². The molecule has 5 heteroatoms. The van der Waals surface area contributed by atoms with Gasteiger partial charge < -0.3 is 5.11 Å². The third-order valence-corrected chi connectivity index (χ3v) is 3.77. The molecule has 1 N–H and O–H groups in total. The quantitative estimate of drug-likeness (QED) is 0.814. The minimum absolute atomic E-state index is 0.0257. The van der Waals surface area contributed by atoms with Gasteiger partial charge in [-0.2, -0.15) is 0 Å². The smallest absolute Gasteiger partial charge is 0.335 e. The summed E-state index contributed by atoms with van der Waals surface area (Å²) in [6.07, 6.45) is 0. The van der Waals surface area contributed by atoms with Crippen LogP contribution in [-0.2, 0) is 15.6 Å². The van der Waals surface area contributed by atoms with Crippen molar-refractivity contribution in [2.75, 3.05) is 5.75 Å². The Hall–Kier alpha value is -1.62. The van der Waals surface area contributed by atoms with Crippen molar-refractivity contribution in [3.8, 4) is 0 Å². The molecular weight excluding hydrogens is 240 g/mol. The first-order valence-corrected chi connectivity index (χ1v) is 6.80. The van der Waals surface area contributed by atoms with Crippen LogP contribution in [0, 0.1) is 0 Å². The summed E-state index contributed by atoms with van der Waals surface area (Å²) in [6.45, 7) is 5.17. The predicted octanol–water partition coefficient (Wildman–Crippen LogP) is 1.88. The molecule has 0 aromatic heterocycles. The number of benzene rings is 1. The summed E-state index contributed by atoms with van der Waals surface area (Å²) in [6, 6.07) is 6.10. The minimum Gasteiger partial charge on any atom is -0.478 e. The van der Waals surface area contributed by atoms with Crippen LogP contribution in [-0.4, -0.2) is 25.2 Å². The maximum atomic E-state index is 11.7. The molecule has 0 aliphatic rings. The number of aromatic carboxylic acids is 1. The molecule has 0 aliphatic carbocycles. The summed E-state index contributed by atoms with van der Waals surface area (Å²) in [5.74, 6) is -1.52. The van der Waals surface area contributed by atoms with E-state index in [-0.39, 0.29) is 17.1 Å². The van der Waals surface area contributed by atoms with Gasteiger partial charge in [-0.3, -0.25) is 0 Å². The average Bonchev–Trinajstić information content (AvgIpc) is 2.14. The summed E-state index contributed by atoms with van der Waals surface area (Å²) < 4.78 is 23.5. The van der Waals surface area contributed by atoms with E-state index < -0.39 is 15.8 Å². The SMILES string of the molecule is C=C(C)CS(=O)(=O)Cc1ccccc1C(=O)O. The van der Waals surface area contributed by atoms with Crippen LogP contribution in [0.15, 0.2) is 36.4 Å². The number of carboxylic acids is 1. The fourth-order valence-corrected chi connectivity index (χ4v) is 3.10. The van der Waals surface area contributed by atoms with Gasteiger partial charge in [-0.25, -0.2) is 13.2 Å². The van der Waals surface area contributed by atoms with Gasteiger partial charge in [0.15, 0.2) is 9.84 Å². The van der Waals surface area contributed by atoms with E-state index in [0.29, 0.717) is 11.1 Å². The summed E-state index contributed by atoms with van der Waals surface area (Å²) in [5, 5.41) is 8.93. The summed E-state index contributed by atoms with van der Waals surface area (Å²) in [5.41, 5.74) is 0.872. The molecule has 1 aromatic carbocycles. The van der Waals surface area contributed by atoms with Gasteiger partial charge in [0.2, 0.25) is 0 Å². The first kappa shape index (κ1) is 13.4. The number of hydrogen-bond donors (Lipinski definition) is 1. The lowest BCUT2D eigenvalue weighted by molar-refractivity contribution is 0.0696. The summed E-state index contributed by atoms with van der Waals surface area (Å²) >= 11 is 0. The average molecular weight is 254 g/mol. The lowest BCUT2D eigenvalue weighted by Gasteiger charge is -2.07. The first-order valence-electron chi connectivity index (χ1n) is 4.98. The molecule has 0 unspecified atom stereocenters. The molecule has 0 saturated carbocycles. The highest BCUT2D eigenvalue weighted by molar-refractivity contribution is 7.90. The van der Waals surface area contributed by atoms with Crippen LogP contribution >= 0.6 is 0 Å². The largest absolute Gasteiger partial charge is 0.478 e. The molecule has 0 spiro atoms. The van der Waals surface area contributed by atoms with Crippen LogP contribution in [0.1, 0.15) is 22.8 Å². The Morgan fingerprint density at radius 3 is 2.47 bits per heavy atom.